The molecule has 1 fully saturated rings. The number of hydrogen-bond acceptors (Lipinski definition) is 4. The molecule has 4 nitrogen and oxygen atoms in total. The molecule has 0 aliphatic heterocycles. The Labute approximate surface area is 143 Å². The molecular weight excluding hydrogens is 300 g/mol. The highest BCUT2D eigenvalue weighted by molar-refractivity contribution is 5.57. The minimum absolute atomic E-state index is 0.447. The van der Waals surface area contributed by atoms with Gasteiger partial charge in [-0.1, -0.05) is 12.1 Å². The summed E-state index contributed by atoms with van der Waals surface area (Å²) in [6, 6.07) is 13.6. The second kappa shape index (κ2) is 7.58. The monoisotopic (exact) mass is 326 g/mol. The molecule has 128 valence electrons. The van der Waals surface area contributed by atoms with Gasteiger partial charge in [0.25, 0.3) is 0 Å². The van der Waals surface area contributed by atoms with Crippen molar-refractivity contribution >= 4 is 11.4 Å². The fourth-order valence-electron chi connectivity index (χ4n) is 3.45. The average Bonchev–Trinajstić information content (AvgIpc) is 2.56. The van der Waals surface area contributed by atoms with E-state index in [0.717, 1.165) is 25.2 Å². The molecule has 2 aromatic carbocycles. The van der Waals surface area contributed by atoms with E-state index in [1.165, 1.54) is 18.4 Å². The van der Waals surface area contributed by atoms with Crippen LogP contribution in [0.5, 0.6) is 11.5 Å². The Hall–Kier alpha value is -2.20. The molecular formula is C20H26N2O2. The maximum atomic E-state index is 5.85. The molecule has 24 heavy (non-hydrogen) atoms. The Morgan fingerprint density at radius 3 is 2.08 bits per heavy atom. The second-order valence-corrected chi connectivity index (χ2v) is 6.44. The highest BCUT2D eigenvalue weighted by Gasteiger charge is 2.22. The third-order valence-corrected chi connectivity index (χ3v) is 4.61. The van der Waals surface area contributed by atoms with E-state index in [4.69, 9.17) is 20.9 Å². The third-order valence-electron chi connectivity index (χ3n) is 4.61. The summed E-state index contributed by atoms with van der Waals surface area (Å²) in [5.74, 6) is 2.09. The van der Waals surface area contributed by atoms with E-state index in [0.29, 0.717) is 29.1 Å². The summed E-state index contributed by atoms with van der Waals surface area (Å²) < 4.78 is 11.6. The molecule has 0 radical (unpaired) electrons. The van der Waals surface area contributed by atoms with Crippen molar-refractivity contribution in [3.8, 4) is 11.5 Å². The van der Waals surface area contributed by atoms with Gasteiger partial charge in [0.1, 0.15) is 11.5 Å². The molecule has 1 aliphatic rings. The van der Waals surface area contributed by atoms with Gasteiger partial charge in [-0.25, -0.2) is 0 Å². The highest BCUT2D eigenvalue weighted by atomic mass is 16.5. The van der Waals surface area contributed by atoms with Crippen molar-refractivity contribution in [2.24, 2.45) is 0 Å². The molecule has 2 aromatic rings. The van der Waals surface area contributed by atoms with E-state index >= 15 is 0 Å². The number of nitrogens with two attached hydrogens (primary N) is 2. The van der Waals surface area contributed by atoms with Gasteiger partial charge in [0.05, 0.1) is 6.10 Å². The topological polar surface area (TPSA) is 70.5 Å². The predicted molar refractivity (Wildman–Crippen MR) is 98.4 cm³/mol. The van der Waals surface area contributed by atoms with Crippen LogP contribution < -0.4 is 16.2 Å². The minimum atomic E-state index is 0.447. The van der Waals surface area contributed by atoms with E-state index in [2.05, 4.69) is 19.1 Å². The normalized spacial score (nSPS) is 20.7. The molecule has 0 saturated heterocycles. The van der Waals surface area contributed by atoms with Gasteiger partial charge >= 0.3 is 0 Å². The van der Waals surface area contributed by atoms with Crippen molar-refractivity contribution in [1.29, 1.82) is 0 Å². The fraction of sp³-hybridized carbons (Fsp3) is 0.400. The molecule has 0 heterocycles. The Morgan fingerprint density at radius 1 is 0.875 bits per heavy atom. The standard InChI is InChI=1S/C20H26N2O2/c1-2-23-18-7-3-14(4-8-18)15-5-9-19(10-6-15)24-20-12-16(21)11-17(22)13-20/h5-6,9-14,18H,2-4,7-8,21-22H2,1H3. The second-order valence-electron chi connectivity index (χ2n) is 6.44. The van der Waals surface area contributed by atoms with Crippen LogP contribution in [0.3, 0.4) is 0 Å². The predicted octanol–water partition coefficient (Wildman–Crippen LogP) is 4.71. The Bertz CT molecular complexity index is 642. The first-order valence-corrected chi connectivity index (χ1v) is 8.69. The Kier molecular flexibility index (Phi) is 5.26. The molecule has 4 N–H and O–H groups in total. The summed E-state index contributed by atoms with van der Waals surface area (Å²) >= 11 is 0. The maximum Gasteiger partial charge on any atom is 0.131 e. The summed E-state index contributed by atoms with van der Waals surface area (Å²) in [6.07, 6.45) is 5.13. The molecule has 1 aliphatic carbocycles. The van der Waals surface area contributed by atoms with E-state index in [-0.39, 0.29) is 0 Å². The zero-order valence-electron chi connectivity index (χ0n) is 14.2. The minimum Gasteiger partial charge on any atom is -0.457 e. The van der Waals surface area contributed by atoms with Crippen LogP contribution in [0, 0.1) is 0 Å². The number of nitrogen functional groups attached to an aromatic ring is 2. The number of hydrogen-bond donors (Lipinski definition) is 2. The van der Waals surface area contributed by atoms with Crippen LogP contribution in [0.25, 0.3) is 0 Å². The first-order valence-electron chi connectivity index (χ1n) is 8.69. The largest absolute Gasteiger partial charge is 0.457 e. The van der Waals surface area contributed by atoms with Gasteiger partial charge in [-0.15, -0.1) is 0 Å². The number of ether oxygens (including phenoxy) is 2. The lowest BCUT2D eigenvalue weighted by Gasteiger charge is -2.28. The molecule has 3 rings (SSSR count). The summed E-state index contributed by atoms with van der Waals surface area (Å²) in [7, 11) is 0. The first-order chi connectivity index (χ1) is 11.6. The van der Waals surface area contributed by atoms with Crippen molar-refractivity contribution in [3.05, 3.63) is 48.0 Å². The molecule has 0 atom stereocenters. The first kappa shape index (κ1) is 16.7. The van der Waals surface area contributed by atoms with Crippen LogP contribution in [0.1, 0.15) is 44.1 Å². The zero-order chi connectivity index (χ0) is 16.9. The molecule has 4 heteroatoms. The maximum absolute atomic E-state index is 5.85. The average molecular weight is 326 g/mol. The van der Waals surface area contributed by atoms with Gasteiger partial charge in [-0.2, -0.15) is 0 Å². The third kappa shape index (κ3) is 4.20. The van der Waals surface area contributed by atoms with Crippen LogP contribution in [-0.4, -0.2) is 12.7 Å². The summed E-state index contributed by atoms with van der Waals surface area (Å²) in [4.78, 5) is 0. The Morgan fingerprint density at radius 2 is 1.50 bits per heavy atom. The van der Waals surface area contributed by atoms with E-state index in [1.807, 2.05) is 12.1 Å². The lowest BCUT2D eigenvalue weighted by molar-refractivity contribution is 0.0328. The molecule has 0 bridgehead atoms. The van der Waals surface area contributed by atoms with Crippen LogP contribution in [-0.2, 0) is 4.74 Å². The van der Waals surface area contributed by atoms with E-state index < -0.39 is 0 Å². The number of rotatable bonds is 5. The van der Waals surface area contributed by atoms with Gasteiger partial charge in [0, 0.05) is 30.1 Å². The highest BCUT2D eigenvalue weighted by Crippen LogP contribution is 2.35. The van der Waals surface area contributed by atoms with Gasteiger partial charge in [0.2, 0.25) is 0 Å². The SMILES string of the molecule is CCOC1CCC(c2ccc(Oc3cc(N)cc(N)c3)cc2)CC1. The zero-order valence-corrected chi connectivity index (χ0v) is 14.2. The van der Waals surface area contributed by atoms with Crippen LogP contribution in [0.15, 0.2) is 42.5 Å². The molecule has 0 unspecified atom stereocenters. The molecule has 0 amide bonds. The van der Waals surface area contributed by atoms with Crippen molar-refractivity contribution in [2.75, 3.05) is 18.1 Å². The van der Waals surface area contributed by atoms with E-state index in [9.17, 15) is 0 Å². The van der Waals surface area contributed by atoms with Gasteiger partial charge in [-0.3, -0.25) is 0 Å². The molecule has 1 saturated carbocycles. The van der Waals surface area contributed by atoms with E-state index in [1.54, 1.807) is 18.2 Å². The quantitative estimate of drug-likeness (QED) is 0.781. The summed E-state index contributed by atoms with van der Waals surface area (Å²) in [5, 5.41) is 0. The summed E-state index contributed by atoms with van der Waals surface area (Å²) in [5.41, 5.74) is 14.2. The van der Waals surface area contributed by atoms with Crippen molar-refractivity contribution < 1.29 is 9.47 Å². The lowest BCUT2D eigenvalue weighted by Crippen LogP contribution is -2.20. The van der Waals surface area contributed by atoms with Crippen LogP contribution >= 0.6 is 0 Å². The van der Waals surface area contributed by atoms with Crippen molar-refractivity contribution in [2.45, 2.75) is 44.6 Å². The van der Waals surface area contributed by atoms with Gasteiger partial charge in [-0.05, 0) is 62.3 Å². The van der Waals surface area contributed by atoms with Crippen molar-refractivity contribution in [1.82, 2.24) is 0 Å². The Balaban J connectivity index is 1.61. The van der Waals surface area contributed by atoms with Crippen LogP contribution in [0.2, 0.25) is 0 Å². The van der Waals surface area contributed by atoms with Gasteiger partial charge in [0.15, 0.2) is 0 Å². The summed E-state index contributed by atoms with van der Waals surface area (Å²) in [6.45, 7) is 2.88. The molecule has 0 spiro atoms. The smallest absolute Gasteiger partial charge is 0.131 e. The fourth-order valence-corrected chi connectivity index (χ4v) is 3.45. The number of anilines is 2. The van der Waals surface area contributed by atoms with Gasteiger partial charge < -0.3 is 20.9 Å². The lowest BCUT2D eigenvalue weighted by atomic mass is 9.83. The van der Waals surface area contributed by atoms with Crippen LogP contribution in [0.4, 0.5) is 11.4 Å². The number of benzene rings is 2. The van der Waals surface area contributed by atoms with Crippen molar-refractivity contribution in [3.63, 3.8) is 0 Å². The molecule has 0 aromatic heterocycles.